The second-order valence-electron chi connectivity index (χ2n) is 3.24. The zero-order chi connectivity index (χ0) is 10.7. The Kier molecular flexibility index (Phi) is 3.19. The molecule has 1 aliphatic heterocycles. The molecular weight excluding hydrogens is 258 g/mol. The lowest BCUT2D eigenvalue weighted by molar-refractivity contribution is 0.0761. The van der Waals surface area contributed by atoms with Crippen LogP contribution in [-0.2, 0) is 4.74 Å². The summed E-state index contributed by atoms with van der Waals surface area (Å²) >= 11 is 3.45. The van der Waals surface area contributed by atoms with Crippen LogP contribution < -0.4 is 4.90 Å². The van der Waals surface area contributed by atoms with Gasteiger partial charge in [-0.2, -0.15) is 5.26 Å². The van der Waals surface area contributed by atoms with Gasteiger partial charge in [0.05, 0.1) is 23.7 Å². The molecule has 5 heteroatoms. The smallest absolute Gasteiger partial charge is 0.161 e. The molecule has 1 atom stereocenters. The van der Waals surface area contributed by atoms with Gasteiger partial charge in [-0.25, -0.2) is 4.98 Å². The maximum absolute atomic E-state index is 8.79. The highest BCUT2D eigenvalue weighted by Crippen LogP contribution is 2.24. The normalized spacial score (nSPS) is 21.1. The predicted molar refractivity (Wildman–Crippen MR) is 59.5 cm³/mol. The maximum Gasteiger partial charge on any atom is 0.161 e. The van der Waals surface area contributed by atoms with E-state index >= 15 is 0 Å². The van der Waals surface area contributed by atoms with Gasteiger partial charge in [-0.15, -0.1) is 0 Å². The molecule has 0 spiro atoms. The second-order valence-corrected chi connectivity index (χ2v) is 4.10. The van der Waals surface area contributed by atoms with Crippen LogP contribution in [0.25, 0.3) is 0 Å². The number of rotatable bonds is 1. The molecule has 0 N–H and O–H groups in total. The minimum absolute atomic E-state index is 0.354. The first kappa shape index (κ1) is 10.4. The van der Waals surface area contributed by atoms with Gasteiger partial charge in [-0.3, -0.25) is 0 Å². The lowest BCUT2D eigenvalue weighted by Crippen LogP contribution is -2.42. The number of nitrogens with zero attached hydrogens (tertiary/aromatic N) is 3. The summed E-state index contributed by atoms with van der Waals surface area (Å²) in [6.45, 7) is 1.92. The molecule has 4 nitrogen and oxygen atoms in total. The van der Waals surface area contributed by atoms with E-state index in [4.69, 9.17) is 10.00 Å². The largest absolute Gasteiger partial charge is 0.360 e. The van der Waals surface area contributed by atoms with Gasteiger partial charge in [-0.1, -0.05) is 0 Å². The molecule has 1 aliphatic rings. The highest BCUT2D eigenvalue weighted by atomic mass is 79.9. The minimum Gasteiger partial charge on any atom is -0.360 e. The van der Waals surface area contributed by atoms with Crippen LogP contribution in [0.15, 0.2) is 22.8 Å². The molecule has 0 amide bonds. The highest BCUT2D eigenvalue weighted by Gasteiger charge is 2.22. The molecule has 2 rings (SSSR count). The summed E-state index contributed by atoms with van der Waals surface area (Å²) in [4.78, 5) is 6.34. The number of halogens is 1. The van der Waals surface area contributed by atoms with Gasteiger partial charge in [0.15, 0.2) is 6.10 Å². The fraction of sp³-hybridized carbons (Fsp3) is 0.400. The van der Waals surface area contributed by atoms with E-state index < -0.39 is 0 Å². The molecule has 1 unspecified atom stereocenters. The molecule has 0 bridgehead atoms. The molecule has 0 radical (unpaired) electrons. The molecule has 78 valence electrons. The molecule has 2 heterocycles. The Morgan fingerprint density at radius 3 is 3.27 bits per heavy atom. The van der Waals surface area contributed by atoms with Gasteiger partial charge in [-0.05, 0) is 28.1 Å². The van der Waals surface area contributed by atoms with E-state index in [1.165, 1.54) is 0 Å². The van der Waals surface area contributed by atoms with Gasteiger partial charge >= 0.3 is 0 Å². The average molecular weight is 268 g/mol. The van der Waals surface area contributed by atoms with Crippen molar-refractivity contribution in [2.24, 2.45) is 0 Å². The first-order valence-corrected chi connectivity index (χ1v) is 5.47. The second kappa shape index (κ2) is 4.60. The van der Waals surface area contributed by atoms with Crippen LogP contribution in [-0.4, -0.2) is 30.8 Å². The Bertz CT molecular complexity index is 390. The highest BCUT2D eigenvalue weighted by molar-refractivity contribution is 9.10. The third-order valence-corrected chi connectivity index (χ3v) is 2.87. The first-order valence-electron chi connectivity index (χ1n) is 4.68. The number of anilines is 1. The van der Waals surface area contributed by atoms with Crippen LogP contribution >= 0.6 is 15.9 Å². The fourth-order valence-electron chi connectivity index (χ4n) is 1.53. The van der Waals surface area contributed by atoms with Crippen LogP contribution in [0, 0.1) is 11.3 Å². The lowest BCUT2D eigenvalue weighted by atomic mass is 10.3. The zero-order valence-electron chi connectivity index (χ0n) is 8.06. The number of hydrogen-bond acceptors (Lipinski definition) is 4. The van der Waals surface area contributed by atoms with E-state index in [-0.39, 0.29) is 6.10 Å². The van der Waals surface area contributed by atoms with Crippen molar-refractivity contribution in [1.82, 2.24) is 4.98 Å². The quantitative estimate of drug-likeness (QED) is 0.775. The van der Waals surface area contributed by atoms with Crippen molar-refractivity contribution in [2.75, 3.05) is 24.6 Å². The monoisotopic (exact) mass is 267 g/mol. The summed E-state index contributed by atoms with van der Waals surface area (Å²) in [6.07, 6.45) is 1.39. The van der Waals surface area contributed by atoms with Crippen LogP contribution in [0.4, 0.5) is 5.82 Å². The predicted octanol–water partition coefficient (Wildman–Crippen LogP) is 1.57. The SMILES string of the molecule is N#CC1CN(c2ncccc2Br)CCO1. The van der Waals surface area contributed by atoms with E-state index in [9.17, 15) is 0 Å². The first-order chi connectivity index (χ1) is 7.31. The molecular formula is C10H10BrN3O. The summed E-state index contributed by atoms with van der Waals surface area (Å²) in [5.41, 5.74) is 0. The molecule has 0 aromatic carbocycles. The average Bonchev–Trinajstić information content (AvgIpc) is 2.30. The summed E-state index contributed by atoms with van der Waals surface area (Å²) < 4.78 is 6.22. The number of hydrogen-bond donors (Lipinski definition) is 0. The van der Waals surface area contributed by atoms with Crippen molar-refractivity contribution in [3.05, 3.63) is 22.8 Å². The van der Waals surface area contributed by atoms with E-state index in [0.29, 0.717) is 13.2 Å². The van der Waals surface area contributed by atoms with Crippen molar-refractivity contribution in [3.63, 3.8) is 0 Å². The molecule has 0 saturated carbocycles. The third kappa shape index (κ3) is 2.28. The van der Waals surface area contributed by atoms with Crippen molar-refractivity contribution in [1.29, 1.82) is 5.26 Å². The molecule has 0 aliphatic carbocycles. The Morgan fingerprint density at radius 1 is 1.67 bits per heavy atom. The van der Waals surface area contributed by atoms with Gasteiger partial charge in [0.25, 0.3) is 0 Å². The van der Waals surface area contributed by atoms with Gasteiger partial charge in [0, 0.05) is 12.7 Å². The number of nitriles is 1. The summed E-state index contributed by atoms with van der Waals surface area (Å²) in [5, 5.41) is 8.79. The topological polar surface area (TPSA) is 49.2 Å². The van der Waals surface area contributed by atoms with E-state index in [0.717, 1.165) is 16.8 Å². The van der Waals surface area contributed by atoms with Gasteiger partial charge < -0.3 is 9.64 Å². The zero-order valence-corrected chi connectivity index (χ0v) is 9.64. The molecule has 1 fully saturated rings. The van der Waals surface area contributed by atoms with Gasteiger partial charge in [0.1, 0.15) is 5.82 Å². The molecule has 1 aromatic heterocycles. The number of ether oxygens (including phenoxy) is 1. The van der Waals surface area contributed by atoms with Crippen LogP contribution in [0.5, 0.6) is 0 Å². The van der Waals surface area contributed by atoms with Crippen molar-refractivity contribution < 1.29 is 4.74 Å². The summed E-state index contributed by atoms with van der Waals surface area (Å²) in [7, 11) is 0. The molecule has 1 saturated heterocycles. The van der Waals surface area contributed by atoms with Gasteiger partial charge in [0.2, 0.25) is 0 Å². The third-order valence-electron chi connectivity index (χ3n) is 2.25. The Morgan fingerprint density at radius 2 is 2.53 bits per heavy atom. The summed E-state index contributed by atoms with van der Waals surface area (Å²) in [5.74, 6) is 0.876. The van der Waals surface area contributed by atoms with Crippen LogP contribution in [0.1, 0.15) is 0 Å². The van der Waals surface area contributed by atoms with E-state index in [2.05, 4.69) is 31.9 Å². The Labute approximate surface area is 96.6 Å². The number of aromatic nitrogens is 1. The molecule has 15 heavy (non-hydrogen) atoms. The Balaban J connectivity index is 2.18. The van der Waals surface area contributed by atoms with Crippen LogP contribution in [0.2, 0.25) is 0 Å². The van der Waals surface area contributed by atoms with E-state index in [1.807, 2.05) is 12.1 Å². The van der Waals surface area contributed by atoms with Crippen molar-refractivity contribution >= 4 is 21.7 Å². The van der Waals surface area contributed by atoms with E-state index in [1.54, 1.807) is 6.20 Å². The maximum atomic E-state index is 8.79. The summed E-state index contributed by atoms with van der Waals surface area (Å²) in [6, 6.07) is 5.93. The molecule has 1 aromatic rings. The van der Waals surface area contributed by atoms with Crippen molar-refractivity contribution in [3.8, 4) is 6.07 Å². The fourth-order valence-corrected chi connectivity index (χ4v) is 2.04. The van der Waals surface area contributed by atoms with Crippen LogP contribution in [0.3, 0.4) is 0 Å². The minimum atomic E-state index is -0.354. The number of morpholine rings is 1. The standard InChI is InChI=1S/C10H10BrN3O/c11-9-2-1-3-13-10(9)14-4-5-15-8(6-12)7-14/h1-3,8H,4-5,7H2. The Hall–Kier alpha value is -1.12. The van der Waals surface area contributed by atoms with Crippen molar-refractivity contribution in [2.45, 2.75) is 6.10 Å². The number of pyridine rings is 1. The lowest BCUT2D eigenvalue weighted by Gasteiger charge is -2.31.